The molecular formula is C21H22ClNO2. The Kier molecular flexibility index (Phi) is 5.44. The van der Waals surface area contributed by atoms with Gasteiger partial charge in [0, 0.05) is 22.7 Å². The number of rotatable bonds is 5. The summed E-state index contributed by atoms with van der Waals surface area (Å²) in [5.41, 5.74) is 5.05. The quantitative estimate of drug-likeness (QED) is 0.814. The monoisotopic (exact) mass is 355 g/mol. The van der Waals surface area contributed by atoms with Gasteiger partial charge in [-0.05, 0) is 42.2 Å². The van der Waals surface area contributed by atoms with E-state index in [4.69, 9.17) is 16.3 Å². The highest BCUT2D eigenvalue weighted by Gasteiger charge is 2.21. The van der Waals surface area contributed by atoms with E-state index in [1.54, 1.807) is 7.11 Å². The normalized spacial score (nSPS) is 13.6. The van der Waals surface area contributed by atoms with E-state index in [0.29, 0.717) is 10.8 Å². The molecule has 0 radical (unpaired) electrons. The minimum absolute atomic E-state index is 0.263. The standard InChI is InChI=1S/C21H22ClNO2/c1-3-6-16-15-11-12-23-19(17(15)13-20(25-2)21(16)24)10-9-14-7-4-5-8-18(14)22/h4-5,7-10,13,24H,3,6,11-12H2,1-2H3/b10-9+. The lowest BCUT2D eigenvalue weighted by Gasteiger charge is -2.21. The average Bonchev–Trinajstić information content (AvgIpc) is 2.63. The van der Waals surface area contributed by atoms with Crippen molar-refractivity contribution < 1.29 is 9.84 Å². The van der Waals surface area contributed by atoms with Gasteiger partial charge in [0.05, 0.1) is 12.8 Å². The summed E-state index contributed by atoms with van der Waals surface area (Å²) < 4.78 is 5.38. The Labute approximate surface area is 153 Å². The van der Waals surface area contributed by atoms with Crippen molar-refractivity contribution in [2.24, 2.45) is 4.99 Å². The van der Waals surface area contributed by atoms with Crippen molar-refractivity contribution in [3.63, 3.8) is 0 Å². The Morgan fingerprint density at radius 2 is 2.08 bits per heavy atom. The number of benzene rings is 2. The molecule has 2 aromatic rings. The minimum Gasteiger partial charge on any atom is -0.504 e. The van der Waals surface area contributed by atoms with Crippen LogP contribution in [0.25, 0.3) is 6.08 Å². The van der Waals surface area contributed by atoms with Crippen LogP contribution in [0.2, 0.25) is 5.02 Å². The number of halogens is 1. The van der Waals surface area contributed by atoms with Gasteiger partial charge in [-0.15, -0.1) is 0 Å². The molecule has 1 N–H and O–H groups in total. The predicted molar refractivity (Wildman–Crippen MR) is 104 cm³/mol. The van der Waals surface area contributed by atoms with Crippen LogP contribution < -0.4 is 4.74 Å². The summed E-state index contributed by atoms with van der Waals surface area (Å²) in [6, 6.07) is 9.61. The maximum atomic E-state index is 10.5. The molecule has 0 unspecified atom stereocenters. The number of aromatic hydroxyl groups is 1. The fourth-order valence-electron chi connectivity index (χ4n) is 3.22. The van der Waals surface area contributed by atoms with Gasteiger partial charge in [-0.25, -0.2) is 0 Å². The molecule has 0 amide bonds. The summed E-state index contributed by atoms with van der Waals surface area (Å²) >= 11 is 6.23. The van der Waals surface area contributed by atoms with Crippen LogP contribution in [0.1, 0.15) is 35.6 Å². The lowest BCUT2D eigenvalue weighted by molar-refractivity contribution is 0.369. The zero-order chi connectivity index (χ0) is 17.8. The first-order valence-corrected chi connectivity index (χ1v) is 8.92. The molecule has 1 heterocycles. The van der Waals surface area contributed by atoms with Crippen LogP contribution in [0.4, 0.5) is 0 Å². The zero-order valence-corrected chi connectivity index (χ0v) is 15.3. The second kappa shape index (κ2) is 7.75. The molecule has 0 atom stereocenters. The topological polar surface area (TPSA) is 41.8 Å². The first-order valence-electron chi connectivity index (χ1n) is 8.54. The van der Waals surface area contributed by atoms with Gasteiger partial charge in [0.2, 0.25) is 0 Å². The van der Waals surface area contributed by atoms with Crippen molar-refractivity contribution in [2.75, 3.05) is 13.7 Å². The summed E-state index contributed by atoms with van der Waals surface area (Å²) in [6.45, 7) is 2.83. The third-order valence-corrected chi connectivity index (χ3v) is 4.79. The molecule has 1 aliphatic heterocycles. The summed E-state index contributed by atoms with van der Waals surface area (Å²) in [6.07, 6.45) is 6.61. The van der Waals surface area contributed by atoms with Crippen LogP contribution in [0.5, 0.6) is 11.5 Å². The number of phenols is 1. The van der Waals surface area contributed by atoms with Crippen molar-refractivity contribution in [3.8, 4) is 11.5 Å². The van der Waals surface area contributed by atoms with Crippen molar-refractivity contribution in [3.05, 3.63) is 63.7 Å². The van der Waals surface area contributed by atoms with Crippen molar-refractivity contribution in [2.45, 2.75) is 26.2 Å². The Bertz CT molecular complexity index is 840. The predicted octanol–water partition coefficient (Wildman–Crippen LogP) is 5.07. The van der Waals surface area contributed by atoms with E-state index >= 15 is 0 Å². The van der Waals surface area contributed by atoms with Crippen LogP contribution in [-0.2, 0) is 12.8 Å². The molecule has 25 heavy (non-hydrogen) atoms. The molecule has 0 fully saturated rings. The number of hydrogen-bond donors (Lipinski definition) is 1. The van der Waals surface area contributed by atoms with Crippen LogP contribution in [-0.4, -0.2) is 24.5 Å². The number of hydrogen-bond acceptors (Lipinski definition) is 3. The first kappa shape index (κ1) is 17.6. The molecule has 0 spiro atoms. The number of allylic oxidation sites excluding steroid dienone is 1. The Balaban J connectivity index is 2.04. The van der Waals surface area contributed by atoms with Crippen molar-refractivity contribution in [1.29, 1.82) is 0 Å². The first-order chi connectivity index (χ1) is 12.2. The second-order valence-corrected chi connectivity index (χ2v) is 6.46. The zero-order valence-electron chi connectivity index (χ0n) is 14.6. The van der Waals surface area contributed by atoms with E-state index in [1.165, 1.54) is 5.56 Å². The highest BCUT2D eigenvalue weighted by atomic mass is 35.5. The lowest BCUT2D eigenvalue weighted by atomic mass is 9.89. The van der Waals surface area contributed by atoms with Gasteiger partial charge in [-0.2, -0.15) is 0 Å². The average molecular weight is 356 g/mol. The molecule has 3 rings (SSSR count). The van der Waals surface area contributed by atoms with Gasteiger partial charge < -0.3 is 9.84 Å². The van der Waals surface area contributed by atoms with E-state index in [-0.39, 0.29) is 5.75 Å². The molecule has 0 saturated carbocycles. The number of aliphatic imine (C=N–C) groups is 1. The summed E-state index contributed by atoms with van der Waals surface area (Å²) in [5.74, 6) is 0.766. The van der Waals surface area contributed by atoms with E-state index in [9.17, 15) is 5.11 Å². The van der Waals surface area contributed by atoms with Crippen LogP contribution in [0.3, 0.4) is 0 Å². The number of nitrogens with zero attached hydrogens (tertiary/aromatic N) is 1. The van der Waals surface area contributed by atoms with E-state index in [2.05, 4.69) is 11.9 Å². The smallest absolute Gasteiger partial charge is 0.161 e. The third kappa shape index (κ3) is 3.57. The van der Waals surface area contributed by atoms with Crippen molar-refractivity contribution in [1.82, 2.24) is 0 Å². The molecular weight excluding hydrogens is 334 g/mol. The molecule has 0 saturated heterocycles. The molecule has 0 aliphatic carbocycles. The van der Waals surface area contributed by atoms with Gasteiger partial charge in [-0.3, -0.25) is 4.99 Å². The van der Waals surface area contributed by atoms with Crippen molar-refractivity contribution >= 4 is 23.4 Å². The van der Waals surface area contributed by atoms with E-state index in [1.807, 2.05) is 42.5 Å². The fraction of sp³-hybridized carbons (Fsp3) is 0.286. The molecule has 4 heteroatoms. The fourth-order valence-corrected chi connectivity index (χ4v) is 3.42. The summed E-state index contributed by atoms with van der Waals surface area (Å²) in [4.78, 5) is 4.67. The molecule has 0 bridgehead atoms. The maximum absolute atomic E-state index is 10.5. The highest BCUT2D eigenvalue weighted by Crippen LogP contribution is 2.37. The third-order valence-electron chi connectivity index (χ3n) is 4.45. The van der Waals surface area contributed by atoms with Gasteiger partial charge in [0.15, 0.2) is 11.5 Å². The van der Waals surface area contributed by atoms with E-state index < -0.39 is 0 Å². The Morgan fingerprint density at radius 1 is 1.28 bits per heavy atom. The van der Waals surface area contributed by atoms with Crippen LogP contribution >= 0.6 is 11.6 Å². The number of fused-ring (bicyclic) bond motifs is 1. The molecule has 1 aliphatic rings. The molecule has 0 aromatic heterocycles. The van der Waals surface area contributed by atoms with E-state index in [0.717, 1.165) is 48.2 Å². The Morgan fingerprint density at radius 3 is 2.80 bits per heavy atom. The summed E-state index contributed by atoms with van der Waals surface area (Å²) in [5, 5.41) is 11.2. The largest absolute Gasteiger partial charge is 0.504 e. The molecule has 2 aromatic carbocycles. The van der Waals surface area contributed by atoms with Gasteiger partial charge in [0.25, 0.3) is 0 Å². The number of methoxy groups -OCH3 is 1. The van der Waals surface area contributed by atoms with Gasteiger partial charge in [-0.1, -0.05) is 49.2 Å². The van der Waals surface area contributed by atoms with Gasteiger partial charge >= 0.3 is 0 Å². The second-order valence-electron chi connectivity index (χ2n) is 6.05. The van der Waals surface area contributed by atoms with Crippen LogP contribution in [0.15, 0.2) is 41.4 Å². The lowest BCUT2D eigenvalue weighted by Crippen LogP contribution is -2.14. The number of ether oxygens (including phenoxy) is 1. The number of phenolic OH excluding ortho intramolecular Hbond substituents is 1. The van der Waals surface area contributed by atoms with Crippen LogP contribution in [0, 0.1) is 0 Å². The maximum Gasteiger partial charge on any atom is 0.161 e. The molecule has 3 nitrogen and oxygen atoms in total. The SMILES string of the molecule is CCCc1c(O)c(OC)cc2c1CCN=C2/C=C/c1ccccc1Cl. The minimum atomic E-state index is 0.263. The Hall–Kier alpha value is -2.26. The summed E-state index contributed by atoms with van der Waals surface area (Å²) in [7, 11) is 1.58. The molecule has 130 valence electrons. The highest BCUT2D eigenvalue weighted by molar-refractivity contribution is 6.32. The van der Waals surface area contributed by atoms with Gasteiger partial charge in [0.1, 0.15) is 0 Å².